The van der Waals surface area contributed by atoms with Gasteiger partial charge < -0.3 is 9.88 Å². The van der Waals surface area contributed by atoms with E-state index in [1.807, 2.05) is 24.4 Å². The lowest BCUT2D eigenvalue weighted by molar-refractivity contribution is 0.0773. The molecule has 0 unspecified atom stereocenters. The maximum Gasteiger partial charge on any atom is 0.255 e. The maximum absolute atomic E-state index is 13.1. The molecule has 9 heteroatoms. The van der Waals surface area contributed by atoms with Gasteiger partial charge in [0.15, 0.2) is 0 Å². The number of sulfonamides is 1. The zero-order valence-electron chi connectivity index (χ0n) is 16.6. The predicted octanol–water partition coefficient (Wildman–Crippen LogP) is 3.40. The summed E-state index contributed by atoms with van der Waals surface area (Å²) in [7, 11) is -0.763. The van der Waals surface area contributed by atoms with E-state index >= 15 is 0 Å². The van der Waals surface area contributed by atoms with Crippen molar-refractivity contribution in [2.45, 2.75) is 11.3 Å². The van der Waals surface area contributed by atoms with E-state index in [2.05, 4.69) is 9.97 Å². The first-order valence-corrected chi connectivity index (χ1v) is 11.2. The van der Waals surface area contributed by atoms with Gasteiger partial charge in [0.25, 0.3) is 5.91 Å². The number of aromatic nitrogens is 2. The van der Waals surface area contributed by atoms with Crippen LogP contribution >= 0.6 is 11.6 Å². The Morgan fingerprint density at radius 1 is 1.27 bits per heavy atom. The number of halogens is 1. The number of carbonyl (C=O) groups excluding carboxylic acids is 1. The summed E-state index contributed by atoms with van der Waals surface area (Å²) in [6.45, 7) is 0.931. The van der Waals surface area contributed by atoms with Crippen molar-refractivity contribution in [3.05, 3.63) is 65.0 Å². The number of aromatic amines is 1. The van der Waals surface area contributed by atoms with Gasteiger partial charge in [0.2, 0.25) is 10.0 Å². The molecule has 30 heavy (non-hydrogen) atoms. The van der Waals surface area contributed by atoms with Crippen LogP contribution in [0.25, 0.3) is 16.6 Å². The van der Waals surface area contributed by atoms with Gasteiger partial charge in [-0.1, -0.05) is 17.7 Å². The van der Waals surface area contributed by atoms with Crippen molar-refractivity contribution in [3.63, 3.8) is 0 Å². The van der Waals surface area contributed by atoms with Gasteiger partial charge in [0.05, 0.1) is 15.5 Å². The van der Waals surface area contributed by atoms with Gasteiger partial charge in [0, 0.05) is 50.5 Å². The summed E-state index contributed by atoms with van der Waals surface area (Å²) < 4.78 is 25.9. The van der Waals surface area contributed by atoms with Crippen LogP contribution in [0.3, 0.4) is 0 Å². The topological polar surface area (TPSA) is 86.4 Å². The molecule has 7 nitrogen and oxygen atoms in total. The molecule has 0 aliphatic carbocycles. The number of carbonyl (C=O) groups is 1. The van der Waals surface area contributed by atoms with Crippen molar-refractivity contribution in [3.8, 4) is 0 Å². The van der Waals surface area contributed by atoms with Crippen molar-refractivity contribution in [2.24, 2.45) is 0 Å². The van der Waals surface area contributed by atoms with Gasteiger partial charge in [-0.2, -0.15) is 0 Å². The average Bonchev–Trinajstić information content (AvgIpc) is 3.17. The number of rotatable bonds is 4. The Labute approximate surface area is 180 Å². The third-order valence-electron chi connectivity index (χ3n) is 5.24. The Hall–Kier alpha value is -2.68. The smallest absolute Gasteiger partial charge is 0.255 e. The minimum Gasteiger partial charge on any atom is -0.346 e. The van der Waals surface area contributed by atoms with Crippen molar-refractivity contribution in [2.75, 3.05) is 27.2 Å². The predicted molar refractivity (Wildman–Crippen MR) is 117 cm³/mol. The fourth-order valence-corrected chi connectivity index (χ4v) is 4.66. The maximum atomic E-state index is 13.1. The Kier molecular flexibility index (Phi) is 5.40. The number of fused-ring (bicyclic) bond motifs is 1. The highest BCUT2D eigenvalue weighted by molar-refractivity contribution is 7.89. The minimum atomic E-state index is -3.66. The van der Waals surface area contributed by atoms with E-state index in [0.29, 0.717) is 19.5 Å². The van der Waals surface area contributed by atoms with Crippen LogP contribution in [0, 0.1) is 0 Å². The second-order valence-corrected chi connectivity index (χ2v) is 9.82. The molecule has 0 fully saturated rings. The highest BCUT2D eigenvalue weighted by Gasteiger charge is 2.25. The van der Waals surface area contributed by atoms with Crippen molar-refractivity contribution < 1.29 is 13.2 Å². The fraction of sp³-hybridized carbons (Fsp3) is 0.238. The molecule has 1 N–H and O–H groups in total. The van der Waals surface area contributed by atoms with Gasteiger partial charge in [-0.3, -0.25) is 4.79 Å². The van der Waals surface area contributed by atoms with Gasteiger partial charge in [-0.05, 0) is 42.3 Å². The summed E-state index contributed by atoms with van der Waals surface area (Å²) in [4.78, 5) is 22.3. The fourth-order valence-electron chi connectivity index (χ4n) is 3.53. The molecule has 0 spiro atoms. The molecule has 1 aliphatic rings. The number of pyridine rings is 1. The van der Waals surface area contributed by atoms with E-state index in [9.17, 15) is 13.2 Å². The van der Waals surface area contributed by atoms with Gasteiger partial charge in [-0.15, -0.1) is 0 Å². The number of hydrogen-bond donors (Lipinski definition) is 1. The quantitative estimate of drug-likeness (QED) is 0.668. The summed E-state index contributed by atoms with van der Waals surface area (Å²) in [6, 6.07) is 8.13. The Morgan fingerprint density at radius 2 is 2.07 bits per heavy atom. The van der Waals surface area contributed by atoms with Crippen LogP contribution in [0.2, 0.25) is 5.02 Å². The van der Waals surface area contributed by atoms with Crippen LogP contribution in [-0.2, 0) is 10.0 Å². The molecule has 0 atom stereocenters. The Morgan fingerprint density at radius 3 is 2.77 bits per heavy atom. The van der Waals surface area contributed by atoms with Crippen LogP contribution in [0.4, 0.5) is 0 Å². The summed E-state index contributed by atoms with van der Waals surface area (Å²) in [6.07, 6.45) is 6.38. The average molecular weight is 445 g/mol. The lowest BCUT2D eigenvalue weighted by atomic mass is 9.99. The monoisotopic (exact) mass is 444 g/mol. The molecule has 1 aromatic carbocycles. The molecule has 0 radical (unpaired) electrons. The van der Waals surface area contributed by atoms with Crippen molar-refractivity contribution in [1.82, 2.24) is 19.2 Å². The second-order valence-electron chi connectivity index (χ2n) is 7.26. The molecule has 1 amide bonds. The molecule has 0 saturated heterocycles. The molecular formula is C21H21ClN4O3S. The van der Waals surface area contributed by atoms with Gasteiger partial charge >= 0.3 is 0 Å². The summed E-state index contributed by atoms with van der Waals surface area (Å²) in [5.41, 5.74) is 3.25. The summed E-state index contributed by atoms with van der Waals surface area (Å²) >= 11 is 6.23. The molecule has 1 aliphatic heterocycles. The van der Waals surface area contributed by atoms with Gasteiger partial charge in [0.1, 0.15) is 5.65 Å². The zero-order chi connectivity index (χ0) is 21.5. The van der Waals surface area contributed by atoms with E-state index in [0.717, 1.165) is 26.5 Å². The van der Waals surface area contributed by atoms with Crippen LogP contribution in [0.5, 0.6) is 0 Å². The lowest BCUT2D eigenvalue weighted by Crippen LogP contribution is -2.35. The van der Waals surface area contributed by atoms with Crippen LogP contribution in [0.15, 0.2) is 53.7 Å². The number of benzene rings is 1. The third-order valence-corrected chi connectivity index (χ3v) is 7.38. The first-order valence-electron chi connectivity index (χ1n) is 9.42. The number of H-pyrrole nitrogens is 1. The van der Waals surface area contributed by atoms with E-state index in [4.69, 9.17) is 11.6 Å². The largest absolute Gasteiger partial charge is 0.346 e. The Bertz CT molecular complexity index is 1260. The number of hydrogen-bond acceptors (Lipinski definition) is 4. The first kappa shape index (κ1) is 20.6. The normalized spacial score (nSPS) is 14.9. The van der Waals surface area contributed by atoms with Crippen LogP contribution in [-0.4, -0.2) is 60.7 Å². The summed E-state index contributed by atoms with van der Waals surface area (Å²) in [5, 5.41) is 1.28. The Balaban J connectivity index is 1.59. The molecule has 0 saturated carbocycles. The number of nitrogens with one attached hydrogen (secondary N) is 1. The van der Waals surface area contributed by atoms with Gasteiger partial charge in [-0.25, -0.2) is 17.7 Å². The second kappa shape index (κ2) is 7.86. The first-order chi connectivity index (χ1) is 14.3. The molecule has 0 bridgehead atoms. The zero-order valence-corrected chi connectivity index (χ0v) is 18.2. The van der Waals surface area contributed by atoms with Crippen LogP contribution in [0.1, 0.15) is 22.3 Å². The highest BCUT2D eigenvalue weighted by Crippen LogP contribution is 2.30. The molecular weight excluding hydrogens is 424 g/mol. The summed E-state index contributed by atoms with van der Waals surface area (Å²) in [5.74, 6) is -0.285. The molecule has 3 aromatic rings. The van der Waals surface area contributed by atoms with Crippen LogP contribution < -0.4 is 0 Å². The van der Waals surface area contributed by atoms with E-state index < -0.39 is 10.0 Å². The number of nitrogens with zero attached hydrogens (tertiary/aromatic N) is 3. The standard InChI is InChI=1S/C21H21ClN4O3S/c1-25(2)30(28,29)15-5-6-19(22)17(12-15)21(27)26-10-7-14(8-11-26)18-13-24-20-16(18)4-3-9-23-20/h3-7,9,12-13H,8,10-11H2,1-2H3,(H,23,24). The number of amides is 1. The molecule has 156 valence electrons. The SMILES string of the molecule is CN(C)S(=O)(=O)c1ccc(Cl)c(C(=O)N2CC=C(c3c[nH]c4ncccc34)CC2)c1. The minimum absolute atomic E-state index is 0.0415. The van der Waals surface area contributed by atoms with E-state index in [-0.39, 0.29) is 21.4 Å². The molecule has 2 aromatic heterocycles. The highest BCUT2D eigenvalue weighted by atomic mass is 35.5. The third kappa shape index (κ3) is 3.62. The van der Waals surface area contributed by atoms with E-state index in [1.54, 1.807) is 11.1 Å². The lowest BCUT2D eigenvalue weighted by Gasteiger charge is -2.27. The van der Waals surface area contributed by atoms with Crippen molar-refractivity contribution in [1.29, 1.82) is 0 Å². The van der Waals surface area contributed by atoms with E-state index in [1.165, 1.54) is 32.3 Å². The van der Waals surface area contributed by atoms with Crippen molar-refractivity contribution >= 4 is 44.1 Å². The molecule has 4 rings (SSSR count). The molecule has 3 heterocycles.